The first kappa shape index (κ1) is 13.7. The van der Waals surface area contributed by atoms with Gasteiger partial charge in [0.1, 0.15) is 5.75 Å². The Morgan fingerprint density at radius 2 is 1.42 bits per heavy atom. The highest BCUT2D eigenvalue weighted by Gasteiger charge is 2.28. The van der Waals surface area contributed by atoms with E-state index in [0.717, 1.165) is 16.9 Å². The SMILES string of the molecule is COc1ccc(C(Cl)(Cl)c2ccc(C#N)cc2)cc1. The van der Waals surface area contributed by atoms with Gasteiger partial charge in [0.25, 0.3) is 0 Å². The molecule has 19 heavy (non-hydrogen) atoms. The van der Waals surface area contributed by atoms with Crippen LogP contribution in [0, 0.1) is 11.3 Å². The molecular weight excluding hydrogens is 281 g/mol. The molecule has 4 heteroatoms. The van der Waals surface area contributed by atoms with Crippen LogP contribution in [0.25, 0.3) is 0 Å². The molecule has 0 saturated heterocycles. The molecule has 0 saturated carbocycles. The Morgan fingerprint density at radius 3 is 1.84 bits per heavy atom. The van der Waals surface area contributed by atoms with E-state index in [1.54, 1.807) is 43.5 Å². The molecule has 2 rings (SSSR count). The Kier molecular flexibility index (Phi) is 3.99. The molecule has 0 spiro atoms. The number of methoxy groups -OCH3 is 1. The van der Waals surface area contributed by atoms with E-state index in [9.17, 15) is 0 Å². The minimum Gasteiger partial charge on any atom is -0.497 e. The molecule has 0 N–H and O–H groups in total. The van der Waals surface area contributed by atoms with Gasteiger partial charge in [0.2, 0.25) is 0 Å². The Labute approximate surface area is 122 Å². The van der Waals surface area contributed by atoms with Crippen molar-refractivity contribution in [1.82, 2.24) is 0 Å². The summed E-state index contributed by atoms with van der Waals surface area (Å²) in [6.07, 6.45) is 0. The van der Waals surface area contributed by atoms with Gasteiger partial charge in [0.05, 0.1) is 18.7 Å². The summed E-state index contributed by atoms with van der Waals surface area (Å²) in [5, 5.41) is 8.78. The lowest BCUT2D eigenvalue weighted by atomic mass is 10.0. The largest absolute Gasteiger partial charge is 0.497 e. The molecule has 0 amide bonds. The molecule has 2 aromatic carbocycles. The second-order valence-corrected chi connectivity index (χ2v) is 5.32. The third kappa shape index (κ3) is 2.84. The van der Waals surface area contributed by atoms with E-state index in [2.05, 4.69) is 6.07 Å². The van der Waals surface area contributed by atoms with Crippen molar-refractivity contribution in [3.05, 3.63) is 65.2 Å². The molecule has 0 unspecified atom stereocenters. The number of hydrogen-bond donors (Lipinski definition) is 0. The summed E-state index contributed by atoms with van der Waals surface area (Å²) in [7, 11) is 1.60. The summed E-state index contributed by atoms with van der Waals surface area (Å²) in [5.74, 6) is 0.743. The Hall–Kier alpha value is -1.69. The van der Waals surface area contributed by atoms with Crippen LogP contribution in [0.15, 0.2) is 48.5 Å². The summed E-state index contributed by atoms with van der Waals surface area (Å²) in [4.78, 5) is 0. The summed E-state index contributed by atoms with van der Waals surface area (Å²) in [6.45, 7) is 0. The summed E-state index contributed by atoms with van der Waals surface area (Å²) in [5.41, 5.74) is 2.05. The predicted molar refractivity (Wildman–Crippen MR) is 76.6 cm³/mol. The van der Waals surface area contributed by atoms with E-state index < -0.39 is 4.33 Å². The summed E-state index contributed by atoms with van der Waals surface area (Å²) in [6, 6.07) is 16.2. The van der Waals surface area contributed by atoms with Crippen LogP contribution in [0.4, 0.5) is 0 Å². The zero-order valence-corrected chi connectivity index (χ0v) is 11.7. The number of ether oxygens (including phenoxy) is 1. The number of alkyl halides is 2. The monoisotopic (exact) mass is 291 g/mol. The Morgan fingerprint density at radius 1 is 0.947 bits per heavy atom. The smallest absolute Gasteiger partial charge is 0.168 e. The molecule has 0 heterocycles. The van der Waals surface area contributed by atoms with Gasteiger partial charge in [-0.1, -0.05) is 47.5 Å². The number of nitrogens with zero attached hydrogens (tertiary/aromatic N) is 1. The molecule has 0 aliphatic carbocycles. The van der Waals surface area contributed by atoms with Crippen molar-refractivity contribution >= 4 is 23.2 Å². The lowest BCUT2D eigenvalue weighted by Gasteiger charge is -2.21. The Balaban J connectivity index is 2.36. The molecule has 0 aliphatic heterocycles. The molecule has 2 aromatic rings. The maximum Gasteiger partial charge on any atom is 0.168 e. The van der Waals surface area contributed by atoms with Crippen molar-refractivity contribution < 1.29 is 4.74 Å². The van der Waals surface area contributed by atoms with E-state index in [1.165, 1.54) is 0 Å². The molecular formula is C15H11Cl2NO. The van der Waals surface area contributed by atoms with Crippen LogP contribution in [-0.4, -0.2) is 7.11 Å². The minimum absolute atomic E-state index is 0.572. The molecule has 0 aromatic heterocycles. The summed E-state index contributed by atoms with van der Waals surface area (Å²) >= 11 is 12.8. The van der Waals surface area contributed by atoms with Crippen LogP contribution >= 0.6 is 23.2 Å². The highest BCUT2D eigenvalue weighted by molar-refractivity contribution is 6.50. The van der Waals surface area contributed by atoms with Crippen LogP contribution in [0.1, 0.15) is 16.7 Å². The lowest BCUT2D eigenvalue weighted by molar-refractivity contribution is 0.414. The Bertz CT molecular complexity index is 598. The quantitative estimate of drug-likeness (QED) is 0.792. The third-order valence-corrected chi connectivity index (χ3v) is 3.70. The fourth-order valence-corrected chi connectivity index (χ4v) is 2.23. The standard InChI is InChI=1S/C15H11Cl2NO/c1-19-14-8-6-13(7-9-14)15(16,17)12-4-2-11(10-18)3-5-12/h2-9H,1H3. The van der Waals surface area contributed by atoms with E-state index in [-0.39, 0.29) is 0 Å². The third-order valence-electron chi connectivity index (χ3n) is 2.83. The summed E-state index contributed by atoms with van der Waals surface area (Å²) < 4.78 is 3.94. The zero-order chi connectivity index (χ0) is 13.9. The van der Waals surface area contributed by atoms with Gasteiger partial charge in [-0.15, -0.1) is 0 Å². The average Bonchev–Trinajstić information content (AvgIpc) is 2.47. The highest BCUT2D eigenvalue weighted by Crippen LogP contribution is 2.41. The van der Waals surface area contributed by atoms with Crippen LogP contribution in [0.5, 0.6) is 5.75 Å². The van der Waals surface area contributed by atoms with Gasteiger partial charge in [0.15, 0.2) is 4.33 Å². The fraction of sp³-hybridized carbons (Fsp3) is 0.133. The van der Waals surface area contributed by atoms with Crippen LogP contribution in [-0.2, 0) is 4.33 Å². The topological polar surface area (TPSA) is 33.0 Å². The highest BCUT2D eigenvalue weighted by atomic mass is 35.5. The van der Waals surface area contributed by atoms with Gasteiger partial charge in [-0.25, -0.2) is 0 Å². The molecule has 0 atom stereocenters. The van der Waals surface area contributed by atoms with Gasteiger partial charge in [0, 0.05) is 0 Å². The number of nitriles is 1. The first-order valence-electron chi connectivity index (χ1n) is 5.61. The van der Waals surface area contributed by atoms with Gasteiger partial charge >= 0.3 is 0 Å². The normalized spacial score (nSPS) is 10.8. The molecule has 0 bridgehead atoms. The predicted octanol–water partition coefficient (Wildman–Crippen LogP) is 4.25. The van der Waals surface area contributed by atoms with Crippen molar-refractivity contribution in [2.75, 3.05) is 7.11 Å². The molecule has 2 nitrogen and oxygen atoms in total. The molecule has 0 fully saturated rings. The van der Waals surface area contributed by atoms with E-state index in [0.29, 0.717) is 5.56 Å². The zero-order valence-electron chi connectivity index (χ0n) is 10.2. The van der Waals surface area contributed by atoms with Gasteiger partial charge in [-0.3, -0.25) is 0 Å². The van der Waals surface area contributed by atoms with E-state index in [1.807, 2.05) is 12.1 Å². The lowest BCUT2D eigenvalue weighted by Crippen LogP contribution is -2.12. The second kappa shape index (κ2) is 5.52. The average molecular weight is 292 g/mol. The van der Waals surface area contributed by atoms with Crippen LogP contribution in [0.2, 0.25) is 0 Å². The molecule has 0 aliphatic rings. The number of hydrogen-bond acceptors (Lipinski definition) is 2. The molecule has 96 valence electrons. The van der Waals surface area contributed by atoms with Crippen molar-refractivity contribution in [3.8, 4) is 11.8 Å². The minimum atomic E-state index is -1.15. The van der Waals surface area contributed by atoms with Gasteiger partial charge in [-0.2, -0.15) is 5.26 Å². The maximum atomic E-state index is 8.78. The number of rotatable bonds is 3. The second-order valence-electron chi connectivity index (χ2n) is 3.99. The van der Waals surface area contributed by atoms with Crippen molar-refractivity contribution in [1.29, 1.82) is 5.26 Å². The number of halogens is 2. The van der Waals surface area contributed by atoms with Crippen LogP contribution in [0.3, 0.4) is 0 Å². The molecule has 0 radical (unpaired) electrons. The van der Waals surface area contributed by atoms with Crippen molar-refractivity contribution in [2.45, 2.75) is 4.33 Å². The maximum absolute atomic E-state index is 8.78. The first-order valence-corrected chi connectivity index (χ1v) is 6.36. The fourth-order valence-electron chi connectivity index (χ4n) is 1.72. The van der Waals surface area contributed by atoms with E-state index >= 15 is 0 Å². The first-order chi connectivity index (χ1) is 9.07. The van der Waals surface area contributed by atoms with Gasteiger partial charge in [-0.05, 0) is 35.4 Å². The van der Waals surface area contributed by atoms with Crippen molar-refractivity contribution in [2.24, 2.45) is 0 Å². The van der Waals surface area contributed by atoms with E-state index in [4.69, 9.17) is 33.2 Å². The number of benzene rings is 2. The van der Waals surface area contributed by atoms with Crippen molar-refractivity contribution in [3.63, 3.8) is 0 Å². The van der Waals surface area contributed by atoms with Gasteiger partial charge < -0.3 is 4.74 Å². The van der Waals surface area contributed by atoms with Crippen LogP contribution < -0.4 is 4.74 Å².